The normalized spacial score (nSPS) is 15.1. The Hall–Kier alpha value is -2.64. The maximum absolute atomic E-state index is 12.4. The number of aromatic nitrogens is 2. The molecule has 28 heavy (non-hydrogen) atoms. The van der Waals surface area contributed by atoms with Crippen LogP contribution >= 0.6 is 11.6 Å². The van der Waals surface area contributed by atoms with E-state index < -0.39 is 5.97 Å². The molecule has 8 heteroatoms. The van der Waals surface area contributed by atoms with Crippen molar-refractivity contribution in [3.05, 3.63) is 53.0 Å². The third-order valence-electron chi connectivity index (χ3n) is 4.80. The molecule has 1 fully saturated rings. The van der Waals surface area contributed by atoms with Gasteiger partial charge in [0.05, 0.1) is 6.61 Å². The third-order valence-corrected chi connectivity index (χ3v) is 5.04. The molecule has 0 saturated carbocycles. The van der Waals surface area contributed by atoms with Gasteiger partial charge in [-0.25, -0.2) is 14.8 Å². The fraction of sp³-hybridized carbons (Fsp3) is 0.350. The minimum absolute atomic E-state index is 0.257. The summed E-state index contributed by atoms with van der Waals surface area (Å²) in [5.74, 6) is 0.559. The lowest BCUT2D eigenvalue weighted by Crippen LogP contribution is -2.46. The largest absolute Gasteiger partial charge is 0.460 e. The van der Waals surface area contributed by atoms with E-state index in [2.05, 4.69) is 19.8 Å². The standard InChI is InChI=1S/C20H21ClN4O3/c1-2-27-19(26)18-16(15-12-14(21)4-5-17(15)28-18)13-24-8-10-25(11-9-24)20-22-6-3-7-23-20/h3-7,12H,2,8-11,13H2,1H3. The highest BCUT2D eigenvalue weighted by Crippen LogP contribution is 2.30. The summed E-state index contributed by atoms with van der Waals surface area (Å²) >= 11 is 6.18. The van der Waals surface area contributed by atoms with Gasteiger partial charge in [0.2, 0.25) is 11.7 Å². The van der Waals surface area contributed by atoms with Gasteiger partial charge >= 0.3 is 5.97 Å². The molecule has 0 N–H and O–H groups in total. The van der Waals surface area contributed by atoms with Crippen LogP contribution in [0.1, 0.15) is 23.0 Å². The molecular weight excluding hydrogens is 380 g/mol. The molecular formula is C20H21ClN4O3. The number of benzene rings is 1. The van der Waals surface area contributed by atoms with Crippen LogP contribution in [-0.2, 0) is 11.3 Å². The van der Waals surface area contributed by atoms with Crippen LogP contribution < -0.4 is 4.90 Å². The number of hydrogen-bond donors (Lipinski definition) is 0. The predicted octanol–water partition coefficient (Wildman–Crippen LogP) is 3.38. The van der Waals surface area contributed by atoms with Crippen molar-refractivity contribution in [1.82, 2.24) is 14.9 Å². The van der Waals surface area contributed by atoms with E-state index in [0.29, 0.717) is 23.8 Å². The van der Waals surface area contributed by atoms with Gasteiger partial charge in [0.1, 0.15) is 5.58 Å². The molecule has 1 saturated heterocycles. The first-order chi connectivity index (χ1) is 13.7. The number of esters is 1. The van der Waals surface area contributed by atoms with E-state index in [4.69, 9.17) is 20.8 Å². The number of nitrogens with zero attached hydrogens (tertiary/aromatic N) is 4. The minimum atomic E-state index is -0.443. The molecule has 7 nitrogen and oxygen atoms in total. The van der Waals surface area contributed by atoms with Crippen LogP contribution in [0.2, 0.25) is 5.02 Å². The van der Waals surface area contributed by atoms with Gasteiger partial charge < -0.3 is 14.1 Å². The second-order valence-electron chi connectivity index (χ2n) is 6.58. The monoisotopic (exact) mass is 400 g/mol. The number of furan rings is 1. The Morgan fingerprint density at radius 3 is 2.68 bits per heavy atom. The summed E-state index contributed by atoms with van der Waals surface area (Å²) in [5, 5.41) is 1.46. The number of halogens is 1. The van der Waals surface area contributed by atoms with Crippen LogP contribution in [0, 0.1) is 0 Å². The van der Waals surface area contributed by atoms with Crippen molar-refractivity contribution in [3.63, 3.8) is 0 Å². The molecule has 0 spiro atoms. The van der Waals surface area contributed by atoms with Crippen LogP contribution in [0.15, 0.2) is 41.1 Å². The average molecular weight is 401 g/mol. The summed E-state index contributed by atoms with van der Waals surface area (Å²) in [7, 11) is 0. The number of rotatable bonds is 5. The number of carbonyl (C=O) groups is 1. The van der Waals surface area contributed by atoms with Crippen molar-refractivity contribution in [1.29, 1.82) is 0 Å². The number of fused-ring (bicyclic) bond motifs is 1. The Bertz CT molecular complexity index is 968. The van der Waals surface area contributed by atoms with Crippen molar-refractivity contribution < 1.29 is 13.9 Å². The lowest BCUT2D eigenvalue weighted by atomic mass is 10.1. The molecule has 0 amide bonds. The molecule has 0 atom stereocenters. The highest BCUT2D eigenvalue weighted by atomic mass is 35.5. The van der Waals surface area contributed by atoms with Crippen LogP contribution in [0.3, 0.4) is 0 Å². The maximum atomic E-state index is 12.4. The van der Waals surface area contributed by atoms with Crippen LogP contribution in [-0.4, -0.2) is 53.6 Å². The Labute approximate surface area is 167 Å². The Balaban J connectivity index is 1.55. The van der Waals surface area contributed by atoms with Gasteiger partial charge in [-0.15, -0.1) is 0 Å². The van der Waals surface area contributed by atoms with Gasteiger partial charge in [-0.1, -0.05) is 11.6 Å². The molecule has 0 unspecified atom stereocenters. The molecule has 1 aliphatic heterocycles. The number of piperazine rings is 1. The molecule has 1 aromatic carbocycles. The number of hydrogen-bond acceptors (Lipinski definition) is 7. The van der Waals surface area contributed by atoms with Crippen molar-refractivity contribution in [2.45, 2.75) is 13.5 Å². The van der Waals surface area contributed by atoms with E-state index in [0.717, 1.165) is 43.1 Å². The van der Waals surface area contributed by atoms with Gasteiger partial charge in [0.15, 0.2) is 0 Å². The lowest BCUT2D eigenvalue weighted by Gasteiger charge is -2.34. The molecule has 146 valence electrons. The lowest BCUT2D eigenvalue weighted by molar-refractivity contribution is 0.0489. The van der Waals surface area contributed by atoms with Crippen LogP contribution in [0.4, 0.5) is 5.95 Å². The SMILES string of the molecule is CCOC(=O)c1oc2ccc(Cl)cc2c1CN1CCN(c2ncccn2)CC1. The zero-order chi connectivity index (χ0) is 19.5. The first kappa shape index (κ1) is 18.7. The van der Waals surface area contributed by atoms with Gasteiger partial charge in [0.25, 0.3) is 0 Å². The topological polar surface area (TPSA) is 71.7 Å². The van der Waals surface area contributed by atoms with Crippen molar-refractivity contribution >= 4 is 34.5 Å². The van der Waals surface area contributed by atoms with Crippen molar-refractivity contribution in [3.8, 4) is 0 Å². The van der Waals surface area contributed by atoms with Crippen molar-refractivity contribution in [2.24, 2.45) is 0 Å². The fourth-order valence-corrected chi connectivity index (χ4v) is 3.60. The molecule has 4 rings (SSSR count). The smallest absolute Gasteiger partial charge is 0.374 e. The number of carbonyl (C=O) groups excluding carboxylic acids is 1. The summed E-state index contributed by atoms with van der Waals surface area (Å²) in [6.07, 6.45) is 3.50. The second kappa shape index (κ2) is 8.16. The van der Waals surface area contributed by atoms with Crippen LogP contribution in [0.25, 0.3) is 11.0 Å². The quantitative estimate of drug-likeness (QED) is 0.608. The third kappa shape index (κ3) is 3.81. The van der Waals surface area contributed by atoms with E-state index in [9.17, 15) is 4.79 Å². The van der Waals surface area contributed by atoms with E-state index in [1.165, 1.54) is 0 Å². The molecule has 1 aliphatic rings. The van der Waals surface area contributed by atoms with Gasteiger partial charge in [-0.05, 0) is 31.2 Å². The van der Waals surface area contributed by atoms with Crippen LogP contribution in [0.5, 0.6) is 0 Å². The summed E-state index contributed by atoms with van der Waals surface area (Å²) in [5.41, 5.74) is 1.46. The summed E-state index contributed by atoms with van der Waals surface area (Å²) in [4.78, 5) is 25.5. The van der Waals surface area contributed by atoms with E-state index in [-0.39, 0.29) is 5.76 Å². The Morgan fingerprint density at radius 2 is 1.96 bits per heavy atom. The average Bonchev–Trinajstić information content (AvgIpc) is 3.07. The fourth-order valence-electron chi connectivity index (χ4n) is 3.42. The highest BCUT2D eigenvalue weighted by molar-refractivity contribution is 6.31. The maximum Gasteiger partial charge on any atom is 0.374 e. The molecule has 0 radical (unpaired) electrons. The molecule has 0 aliphatic carbocycles. The summed E-state index contributed by atoms with van der Waals surface area (Å²) in [6, 6.07) is 7.19. The molecule has 2 aromatic heterocycles. The molecule has 3 heterocycles. The van der Waals surface area contributed by atoms with Gasteiger partial charge in [-0.3, -0.25) is 4.90 Å². The Kier molecular flexibility index (Phi) is 5.45. The first-order valence-electron chi connectivity index (χ1n) is 9.28. The summed E-state index contributed by atoms with van der Waals surface area (Å²) in [6.45, 7) is 5.95. The van der Waals surface area contributed by atoms with E-state index in [1.807, 2.05) is 12.1 Å². The predicted molar refractivity (Wildman–Crippen MR) is 107 cm³/mol. The van der Waals surface area contributed by atoms with Gasteiger partial charge in [-0.2, -0.15) is 0 Å². The first-order valence-corrected chi connectivity index (χ1v) is 9.66. The van der Waals surface area contributed by atoms with Gasteiger partial charge in [0, 0.05) is 61.1 Å². The van der Waals surface area contributed by atoms with E-state index >= 15 is 0 Å². The van der Waals surface area contributed by atoms with E-state index in [1.54, 1.807) is 31.5 Å². The molecule has 0 bridgehead atoms. The van der Waals surface area contributed by atoms with Crippen molar-refractivity contribution in [2.75, 3.05) is 37.7 Å². The zero-order valence-corrected chi connectivity index (χ0v) is 16.4. The molecule has 3 aromatic rings. The zero-order valence-electron chi connectivity index (χ0n) is 15.6. The number of ether oxygens (including phenoxy) is 1. The number of anilines is 1. The summed E-state index contributed by atoms with van der Waals surface area (Å²) < 4.78 is 11.0. The minimum Gasteiger partial charge on any atom is -0.460 e. The highest BCUT2D eigenvalue weighted by Gasteiger charge is 2.26. The second-order valence-corrected chi connectivity index (χ2v) is 7.02. The Morgan fingerprint density at radius 1 is 1.21 bits per heavy atom.